The maximum Gasteiger partial charge on any atom is 0.237 e. The number of hydrogen-bond acceptors (Lipinski definition) is 3. The molecule has 0 unspecified atom stereocenters. The number of benzene rings is 1. The van der Waals surface area contributed by atoms with Crippen LogP contribution in [0.4, 0.5) is 0 Å². The Morgan fingerprint density at radius 2 is 2.24 bits per heavy atom. The number of amides is 1. The minimum Gasteiger partial charge on any atom is -0.508 e. The van der Waals surface area contributed by atoms with Gasteiger partial charge in [-0.25, -0.2) is 0 Å². The van der Waals surface area contributed by atoms with Crippen LogP contribution in [0.5, 0.6) is 5.75 Å². The minimum atomic E-state index is -0.0744. The lowest BCUT2D eigenvalue weighted by molar-refractivity contribution is -0.123. The maximum absolute atomic E-state index is 11.8. The second kappa shape index (κ2) is 5.68. The molecule has 1 aromatic rings. The Kier molecular flexibility index (Phi) is 3.98. The summed E-state index contributed by atoms with van der Waals surface area (Å²) in [6, 6.07) is 6.97. The van der Waals surface area contributed by atoms with Crippen LogP contribution >= 0.6 is 0 Å². The van der Waals surface area contributed by atoms with E-state index in [1.54, 1.807) is 12.1 Å². The van der Waals surface area contributed by atoms with Crippen LogP contribution in [0.1, 0.15) is 24.8 Å². The van der Waals surface area contributed by atoms with Gasteiger partial charge in [0.1, 0.15) is 5.75 Å². The molecule has 0 radical (unpaired) electrons. The van der Waals surface area contributed by atoms with Crippen LogP contribution in [0.25, 0.3) is 0 Å². The summed E-state index contributed by atoms with van der Waals surface area (Å²) in [5.74, 6) is 0.248. The minimum absolute atomic E-state index is 0.0213. The molecule has 1 aliphatic rings. The van der Waals surface area contributed by atoms with Crippen molar-refractivity contribution in [1.29, 1.82) is 0 Å². The Bertz CT molecular complexity index is 387. The highest BCUT2D eigenvalue weighted by Gasteiger charge is 2.19. The first-order chi connectivity index (χ1) is 8.27. The van der Waals surface area contributed by atoms with Crippen molar-refractivity contribution < 1.29 is 9.90 Å². The Hall–Kier alpha value is -1.55. The highest BCUT2D eigenvalue weighted by atomic mass is 16.3. The zero-order valence-electron chi connectivity index (χ0n) is 9.78. The monoisotopic (exact) mass is 234 g/mol. The van der Waals surface area contributed by atoms with Crippen LogP contribution in [0, 0.1) is 0 Å². The van der Waals surface area contributed by atoms with Gasteiger partial charge in [0.15, 0.2) is 0 Å². The zero-order valence-corrected chi connectivity index (χ0v) is 9.78. The number of piperidine rings is 1. The second-order valence-electron chi connectivity index (χ2n) is 4.35. The zero-order chi connectivity index (χ0) is 12.1. The average molecular weight is 234 g/mol. The molecule has 92 valence electrons. The van der Waals surface area contributed by atoms with Crippen LogP contribution in [-0.4, -0.2) is 23.6 Å². The lowest BCUT2D eigenvalue weighted by Gasteiger charge is -2.22. The van der Waals surface area contributed by atoms with E-state index < -0.39 is 0 Å². The van der Waals surface area contributed by atoms with Crippen molar-refractivity contribution in [2.75, 3.05) is 6.54 Å². The molecular formula is C13H18N2O2. The van der Waals surface area contributed by atoms with E-state index in [1.165, 1.54) is 0 Å². The molecule has 1 atom stereocenters. The van der Waals surface area contributed by atoms with E-state index in [4.69, 9.17) is 0 Å². The number of aromatic hydroxyl groups is 1. The standard InChI is InChI=1S/C13H18N2O2/c16-12-7-2-1-5-10(12)9-15-13(17)11-6-3-4-8-14-11/h1-2,5,7,11,14,16H,3-4,6,8-9H2,(H,15,17)/t11-/m1/s1. The lowest BCUT2D eigenvalue weighted by atomic mass is 10.0. The van der Waals surface area contributed by atoms with E-state index in [0.29, 0.717) is 6.54 Å². The SMILES string of the molecule is O=C(NCc1ccccc1O)[C@H]1CCCCN1. The van der Waals surface area contributed by atoms with Gasteiger partial charge >= 0.3 is 0 Å². The second-order valence-corrected chi connectivity index (χ2v) is 4.35. The Balaban J connectivity index is 1.85. The quantitative estimate of drug-likeness (QED) is 0.735. The van der Waals surface area contributed by atoms with Gasteiger partial charge in [-0.05, 0) is 25.5 Å². The first-order valence-corrected chi connectivity index (χ1v) is 6.05. The van der Waals surface area contributed by atoms with Gasteiger partial charge in [-0.1, -0.05) is 24.6 Å². The third-order valence-corrected chi connectivity index (χ3v) is 3.07. The van der Waals surface area contributed by atoms with Gasteiger partial charge in [-0.3, -0.25) is 4.79 Å². The Morgan fingerprint density at radius 1 is 1.41 bits per heavy atom. The molecule has 1 aliphatic heterocycles. The van der Waals surface area contributed by atoms with Crippen molar-refractivity contribution in [2.45, 2.75) is 31.8 Å². The molecule has 17 heavy (non-hydrogen) atoms. The molecule has 0 spiro atoms. The smallest absolute Gasteiger partial charge is 0.237 e. The Labute approximate surface area is 101 Å². The molecule has 1 saturated heterocycles. The van der Waals surface area contributed by atoms with Crippen LogP contribution < -0.4 is 10.6 Å². The van der Waals surface area contributed by atoms with Gasteiger partial charge in [-0.2, -0.15) is 0 Å². The van der Waals surface area contributed by atoms with Crippen LogP contribution in [0.3, 0.4) is 0 Å². The fourth-order valence-corrected chi connectivity index (χ4v) is 2.04. The van der Waals surface area contributed by atoms with E-state index in [9.17, 15) is 9.90 Å². The predicted molar refractivity (Wildman–Crippen MR) is 65.6 cm³/mol. The van der Waals surface area contributed by atoms with Crippen molar-refractivity contribution in [1.82, 2.24) is 10.6 Å². The maximum atomic E-state index is 11.8. The van der Waals surface area contributed by atoms with E-state index in [0.717, 1.165) is 31.4 Å². The molecule has 1 amide bonds. The van der Waals surface area contributed by atoms with Crippen molar-refractivity contribution >= 4 is 5.91 Å². The average Bonchev–Trinajstić information content (AvgIpc) is 2.38. The predicted octanol–water partition coefficient (Wildman–Crippen LogP) is 1.15. The van der Waals surface area contributed by atoms with Gasteiger partial charge in [0.2, 0.25) is 5.91 Å². The summed E-state index contributed by atoms with van der Waals surface area (Å²) in [5, 5.41) is 15.6. The Morgan fingerprint density at radius 3 is 2.94 bits per heavy atom. The number of carbonyl (C=O) groups excluding carboxylic acids is 1. The molecule has 1 fully saturated rings. The summed E-state index contributed by atoms with van der Waals surface area (Å²) < 4.78 is 0. The lowest BCUT2D eigenvalue weighted by Crippen LogP contribution is -2.46. The van der Waals surface area contributed by atoms with E-state index in [-0.39, 0.29) is 17.7 Å². The van der Waals surface area contributed by atoms with Gasteiger partial charge in [-0.15, -0.1) is 0 Å². The number of rotatable bonds is 3. The normalized spacial score (nSPS) is 19.9. The molecule has 4 heteroatoms. The summed E-state index contributed by atoms with van der Waals surface area (Å²) in [5.41, 5.74) is 0.747. The van der Waals surface area contributed by atoms with Crippen molar-refractivity contribution in [3.05, 3.63) is 29.8 Å². The van der Waals surface area contributed by atoms with E-state index in [2.05, 4.69) is 10.6 Å². The van der Waals surface area contributed by atoms with Crippen molar-refractivity contribution in [3.8, 4) is 5.75 Å². The first kappa shape index (κ1) is 11.9. The first-order valence-electron chi connectivity index (χ1n) is 6.05. The van der Waals surface area contributed by atoms with Crippen LogP contribution in [0.2, 0.25) is 0 Å². The number of nitrogens with one attached hydrogen (secondary N) is 2. The van der Waals surface area contributed by atoms with Crippen LogP contribution in [0.15, 0.2) is 24.3 Å². The molecule has 0 saturated carbocycles. The fourth-order valence-electron chi connectivity index (χ4n) is 2.04. The number of carbonyl (C=O) groups is 1. The fraction of sp³-hybridized carbons (Fsp3) is 0.462. The molecule has 4 nitrogen and oxygen atoms in total. The van der Waals surface area contributed by atoms with Gasteiger partial charge in [0.25, 0.3) is 0 Å². The molecule has 2 rings (SSSR count). The molecular weight excluding hydrogens is 216 g/mol. The van der Waals surface area contributed by atoms with E-state index >= 15 is 0 Å². The third kappa shape index (κ3) is 3.20. The number of phenols is 1. The molecule has 1 heterocycles. The summed E-state index contributed by atoms with van der Waals surface area (Å²) in [6.45, 7) is 1.29. The molecule has 0 aromatic heterocycles. The highest BCUT2D eigenvalue weighted by Crippen LogP contribution is 2.15. The van der Waals surface area contributed by atoms with E-state index in [1.807, 2.05) is 12.1 Å². The van der Waals surface area contributed by atoms with Gasteiger partial charge in [0.05, 0.1) is 6.04 Å². The van der Waals surface area contributed by atoms with Crippen LogP contribution in [-0.2, 0) is 11.3 Å². The number of para-hydroxylation sites is 1. The summed E-state index contributed by atoms with van der Waals surface area (Å²) in [7, 11) is 0. The number of hydrogen-bond donors (Lipinski definition) is 3. The molecule has 0 aliphatic carbocycles. The largest absolute Gasteiger partial charge is 0.508 e. The number of phenolic OH excluding ortho intramolecular Hbond substituents is 1. The molecule has 1 aromatic carbocycles. The molecule has 0 bridgehead atoms. The molecule has 3 N–H and O–H groups in total. The van der Waals surface area contributed by atoms with Gasteiger partial charge in [0, 0.05) is 12.1 Å². The summed E-state index contributed by atoms with van der Waals surface area (Å²) in [4.78, 5) is 11.8. The summed E-state index contributed by atoms with van der Waals surface area (Å²) >= 11 is 0. The van der Waals surface area contributed by atoms with Crippen molar-refractivity contribution in [3.63, 3.8) is 0 Å². The highest BCUT2D eigenvalue weighted by molar-refractivity contribution is 5.81. The topological polar surface area (TPSA) is 61.4 Å². The van der Waals surface area contributed by atoms with Crippen molar-refractivity contribution in [2.24, 2.45) is 0 Å². The third-order valence-electron chi connectivity index (χ3n) is 3.07. The summed E-state index contributed by atoms with van der Waals surface area (Å²) in [6.07, 6.45) is 3.14. The van der Waals surface area contributed by atoms with Gasteiger partial charge < -0.3 is 15.7 Å².